The minimum atomic E-state index is 0.114. The SMILES string of the molecule is O=NC(=Nc1csnn1)c1ccccc1. The Balaban J connectivity index is 2.37. The number of amidine groups is 1. The number of nitroso groups, excluding NO2 is 1. The zero-order valence-corrected chi connectivity index (χ0v) is 8.39. The van der Waals surface area contributed by atoms with Crippen LogP contribution in [0.3, 0.4) is 0 Å². The fraction of sp³-hybridized carbons (Fsp3) is 0. The van der Waals surface area contributed by atoms with E-state index in [1.54, 1.807) is 17.5 Å². The minimum absolute atomic E-state index is 0.114. The van der Waals surface area contributed by atoms with Crippen LogP contribution in [-0.2, 0) is 0 Å². The molecule has 74 valence electrons. The maximum absolute atomic E-state index is 10.6. The number of hydrogen-bond acceptors (Lipinski definition) is 5. The molecule has 0 bridgehead atoms. The zero-order chi connectivity index (χ0) is 10.5. The van der Waals surface area contributed by atoms with Crippen LogP contribution in [-0.4, -0.2) is 15.4 Å². The molecule has 2 aromatic rings. The molecule has 1 aromatic carbocycles. The van der Waals surface area contributed by atoms with E-state index >= 15 is 0 Å². The normalized spacial score (nSPS) is 11.3. The summed E-state index contributed by atoms with van der Waals surface area (Å²) in [6, 6.07) is 9.01. The third-order valence-corrected chi connectivity index (χ3v) is 2.18. The van der Waals surface area contributed by atoms with E-state index in [4.69, 9.17) is 0 Å². The Morgan fingerprint density at radius 2 is 2.07 bits per heavy atom. The lowest BCUT2D eigenvalue weighted by atomic mass is 10.2. The Morgan fingerprint density at radius 1 is 1.27 bits per heavy atom. The van der Waals surface area contributed by atoms with Gasteiger partial charge in [0.05, 0.1) is 5.38 Å². The first-order valence-electron chi connectivity index (χ1n) is 4.14. The second-order valence-electron chi connectivity index (χ2n) is 2.66. The molecule has 0 unspecified atom stereocenters. The lowest BCUT2D eigenvalue weighted by molar-refractivity contribution is 1.14. The molecule has 0 saturated heterocycles. The number of hydrogen-bond donors (Lipinski definition) is 0. The van der Waals surface area contributed by atoms with E-state index in [1.165, 1.54) is 11.5 Å². The molecule has 6 heteroatoms. The van der Waals surface area contributed by atoms with Gasteiger partial charge in [-0.25, -0.2) is 4.99 Å². The van der Waals surface area contributed by atoms with Gasteiger partial charge in [-0.05, 0) is 16.7 Å². The van der Waals surface area contributed by atoms with Crippen LogP contribution in [0.25, 0.3) is 0 Å². The summed E-state index contributed by atoms with van der Waals surface area (Å²) < 4.78 is 3.64. The summed E-state index contributed by atoms with van der Waals surface area (Å²) in [5, 5.41) is 8.23. The molecule has 0 radical (unpaired) electrons. The van der Waals surface area contributed by atoms with Gasteiger partial charge in [0.1, 0.15) is 0 Å². The van der Waals surface area contributed by atoms with Crippen LogP contribution in [0.4, 0.5) is 5.82 Å². The van der Waals surface area contributed by atoms with E-state index in [0.717, 1.165) is 0 Å². The Kier molecular flexibility index (Phi) is 2.89. The van der Waals surface area contributed by atoms with E-state index in [2.05, 4.69) is 19.8 Å². The second-order valence-corrected chi connectivity index (χ2v) is 3.27. The summed E-state index contributed by atoms with van der Waals surface area (Å²) in [5.41, 5.74) is 0.667. The average molecular weight is 218 g/mol. The lowest BCUT2D eigenvalue weighted by Crippen LogP contribution is -1.94. The van der Waals surface area contributed by atoms with E-state index < -0.39 is 0 Å². The van der Waals surface area contributed by atoms with Gasteiger partial charge in [-0.3, -0.25) is 0 Å². The van der Waals surface area contributed by atoms with Gasteiger partial charge in [-0.15, -0.1) is 10.0 Å². The molecule has 0 atom stereocenters. The van der Waals surface area contributed by atoms with E-state index in [0.29, 0.717) is 11.4 Å². The van der Waals surface area contributed by atoms with Crippen LogP contribution >= 0.6 is 11.5 Å². The standard InChI is InChI=1S/C9H6N4OS/c14-12-9(7-4-2-1-3-5-7)10-8-6-15-13-11-8/h1-6H. The van der Waals surface area contributed by atoms with Gasteiger partial charge in [-0.1, -0.05) is 34.8 Å². The van der Waals surface area contributed by atoms with E-state index in [1.807, 2.05) is 18.2 Å². The predicted octanol–water partition coefficient (Wildman–Crippen LogP) is 2.38. The average Bonchev–Trinajstić information content (AvgIpc) is 2.80. The Bertz CT molecular complexity index is 466. The first kappa shape index (κ1) is 9.60. The van der Waals surface area contributed by atoms with Gasteiger partial charge in [0.15, 0.2) is 5.82 Å². The molecule has 1 aromatic heterocycles. The fourth-order valence-corrected chi connectivity index (χ4v) is 1.41. The highest BCUT2D eigenvalue weighted by atomic mass is 32.1. The topological polar surface area (TPSA) is 67.6 Å². The van der Waals surface area contributed by atoms with Gasteiger partial charge in [0.2, 0.25) is 5.84 Å². The summed E-state index contributed by atoms with van der Waals surface area (Å²) in [7, 11) is 0. The van der Waals surface area contributed by atoms with Gasteiger partial charge < -0.3 is 0 Å². The molecule has 0 aliphatic heterocycles. The van der Waals surface area contributed by atoms with Crippen LogP contribution in [0.5, 0.6) is 0 Å². The zero-order valence-electron chi connectivity index (χ0n) is 7.57. The van der Waals surface area contributed by atoms with E-state index in [9.17, 15) is 4.91 Å². The number of aliphatic imine (C=N–C) groups is 1. The van der Waals surface area contributed by atoms with Crippen LogP contribution in [0.2, 0.25) is 0 Å². The van der Waals surface area contributed by atoms with Gasteiger partial charge >= 0.3 is 0 Å². The fourth-order valence-electron chi connectivity index (χ4n) is 1.04. The summed E-state index contributed by atoms with van der Waals surface area (Å²) in [4.78, 5) is 14.6. The van der Waals surface area contributed by atoms with Gasteiger partial charge in [0.25, 0.3) is 0 Å². The van der Waals surface area contributed by atoms with Crippen molar-refractivity contribution < 1.29 is 0 Å². The highest BCUT2D eigenvalue weighted by molar-refractivity contribution is 7.03. The second kappa shape index (κ2) is 4.52. The quantitative estimate of drug-likeness (QED) is 0.441. The van der Waals surface area contributed by atoms with Crippen molar-refractivity contribution in [3.63, 3.8) is 0 Å². The predicted molar refractivity (Wildman–Crippen MR) is 58.3 cm³/mol. The van der Waals surface area contributed by atoms with Crippen LogP contribution in [0.1, 0.15) is 5.56 Å². The van der Waals surface area contributed by atoms with Gasteiger partial charge in [-0.2, -0.15) is 0 Å². The van der Waals surface area contributed by atoms with E-state index in [-0.39, 0.29) is 5.84 Å². The Hall–Kier alpha value is -1.95. The molecule has 15 heavy (non-hydrogen) atoms. The molecule has 0 amide bonds. The summed E-state index contributed by atoms with van der Waals surface area (Å²) in [6.07, 6.45) is 0. The number of rotatable bonds is 2. The molecule has 2 rings (SSSR count). The minimum Gasteiger partial charge on any atom is -0.203 e. The van der Waals surface area contributed by atoms with Gasteiger partial charge in [0, 0.05) is 5.56 Å². The van der Waals surface area contributed by atoms with Crippen molar-refractivity contribution in [3.05, 3.63) is 46.2 Å². The summed E-state index contributed by atoms with van der Waals surface area (Å²) >= 11 is 1.18. The molecule has 1 heterocycles. The maximum Gasteiger partial charge on any atom is 0.205 e. The van der Waals surface area contributed by atoms with Crippen molar-refractivity contribution in [3.8, 4) is 0 Å². The number of benzene rings is 1. The third kappa shape index (κ3) is 2.29. The largest absolute Gasteiger partial charge is 0.205 e. The van der Waals surface area contributed by atoms with Crippen molar-refractivity contribution >= 4 is 23.2 Å². The monoisotopic (exact) mass is 218 g/mol. The van der Waals surface area contributed by atoms with Crippen LogP contribution < -0.4 is 0 Å². The number of nitrogens with zero attached hydrogens (tertiary/aromatic N) is 4. The molecule has 0 N–H and O–H groups in total. The molecule has 0 aliphatic carbocycles. The molecular weight excluding hydrogens is 212 g/mol. The first-order chi connectivity index (χ1) is 7.40. The smallest absolute Gasteiger partial charge is 0.203 e. The molecule has 0 aliphatic rings. The molecular formula is C9H6N4OS. The van der Waals surface area contributed by atoms with Crippen molar-refractivity contribution in [2.75, 3.05) is 0 Å². The van der Waals surface area contributed by atoms with Crippen molar-refractivity contribution in [1.29, 1.82) is 0 Å². The molecule has 0 spiro atoms. The summed E-state index contributed by atoms with van der Waals surface area (Å²) in [5.74, 6) is 0.516. The molecule has 0 saturated carbocycles. The Labute approximate surface area is 89.6 Å². The third-order valence-electron chi connectivity index (χ3n) is 1.69. The Morgan fingerprint density at radius 3 is 2.67 bits per heavy atom. The lowest BCUT2D eigenvalue weighted by Gasteiger charge is -1.94. The maximum atomic E-state index is 10.6. The van der Waals surface area contributed by atoms with Crippen LogP contribution in [0.15, 0.2) is 45.9 Å². The number of aromatic nitrogens is 2. The highest BCUT2D eigenvalue weighted by Gasteiger charge is 2.03. The summed E-state index contributed by atoms with van der Waals surface area (Å²) in [6.45, 7) is 0. The van der Waals surface area contributed by atoms with Crippen molar-refractivity contribution in [1.82, 2.24) is 9.59 Å². The van der Waals surface area contributed by atoms with Crippen LogP contribution in [0, 0.1) is 4.91 Å². The first-order valence-corrected chi connectivity index (χ1v) is 4.98. The van der Waals surface area contributed by atoms with Crippen molar-refractivity contribution in [2.24, 2.45) is 10.2 Å². The molecule has 0 fully saturated rings. The molecule has 5 nitrogen and oxygen atoms in total. The highest BCUT2D eigenvalue weighted by Crippen LogP contribution is 2.12. The van der Waals surface area contributed by atoms with Crippen molar-refractivity contribution in [2.45, 2.75) is 0 Å².